The number of anilines is 2. The van der Waals surface area contributed by atoms with Crippen molar-refractivity contribution >= 4 is 23.2 Å². The lowest BCUT2D eigenvalue weighted by Crippen LogP contribution is -2.46. The zero-order valence-electron chi connectivity index (χ0n) is 17.7. The first-order valence-corrected chi connectivity index (χ1v) is 10.6. The molecule has 3 aliphatic rings. The van der Waals surface area contributed by atoms with E-state index < -0.39 is 6.10 Å². The van der Waals surface area contributed by atoms with Crippen molar-refractivity contribution in [3.63, 3.8) is 0 Å². The molecular weight excluding hydrogens is 413 g/mol. The summed E-state index contributed by atoms with van der Waals surface area (Å²) in [6.07, 6.45) is 4.41. The standard InChI is InChI=1S/C23H24FN5O3/c1-25-22(30)18-5-3-15(12-26-18)29-9-7-28(8-10-29)13-14-2-4-16-17-6-11-32-21(17)23(31)27-20(16)19(14)24/h2-6,11-12,17,21H,7-10,13H2,1H3,(H,25,30)(H,27,31). The average molecular weight is 437 g/mol. The number of amides is 2. The molecule has 0 bridgehead atoms. The molecule has 2 amide bonds. The van der Waals surface area contributed by atoms with E-state index >= 15 is 4.39 Å². The fourth-order valence-corrected chi connectivity index (χ4v) is 4.49. The molecule has 9 heteroatoms. The van der Waals surface area contributed by atoms with Crippen LogP contribution in [0.4, 0.5) is 15.8 Å². The van der Waals surface area contributed by atoms with Gasteiger partial charge in [-0.2, -0.15) is 0 Å². The van der Waals surface area contributed by atoms with Crippen molar-refractivity contribution in [1.82, 2.24) is 15.2 Å². The molecule has 2 atom stereocenters. The Bertz CT molecular complexity index is 1080. The fourth-order valence-electron chi connectivity index (χ4n) is 4.49. The molecule has 166 valence electrons. The lowest BCUT2D eigenvalue weighted by Gasteiger charge is -2.36. The van der Waals surface area contributed by atoms with Crippen LogP contribution in [0.15, 0.2) is 42.8 Å². The van der Waals surface area contributed by atoms with E-state index in [1.165, 1.54) is 6.26 Å². The highest BCUT2D eigenvalue weighted by atomic mass is 19.1. The summed E-state index contributed by atoms with van der Waals surface area (Å²) in [6.45, 7) is 3.55. The average Bonchev–Trinajstić information content (AvgIpc) is 3.32. The molecule has 4 heterocycles. The molecular formula is C23H24FN5O3. The molecule has 5 rings (SSSR count). The van der Waals surface area contributed by atoms with Crippen molar-refractivity contribution in [1.29, 1.82) is 0 Å². The van der Waals surface area contributed by atoms with E-state index in [0.717, 1.165) is 37.4 Å². The number of rotatable bonds is 4. The van der Waals surface area contributed by atoms with Gasteiger partial charge in [-0.25, -0.2) is 9.37 Å². The summed E-state index contributed by atoms with van der Waals surface area (Å²) in [4.78, 5) is 32.5. The molecule has 0 radical (unpaired) electrons. The maximum atomic E-state index is 15.3. The van der Waals surface area contributed by atoms with Crippen LogP contribution in [-0.2, 0) is 16.1 Å². The molecule has 1 aromatic carbocycles. The second-order valence-corrected chi connectivity index (χ2v) is 8.15. The van der Waals surface area contributed by atoms with Crippen molar-refractivity contribution in [3.8, 4) is 0 Å². The number of nitrogens with zero attached hydrogens (tertiary/aromatic N) is 3. The second kappa shape index (κ2) is 8.23. The highest BCUT2D eigenvalue weighted by Crippen LogP contribution is 2.40. The SMILES string of the molecule is CNC(=O)c1ccc(N2CCN(Cc3ccc4c(c3F)NC(=O)C3OC=CC43)CC2)cn1. The quantitative estimate of drug-likeness (QED) is 0.759. The summed E-state index contributed by atoms with van der Waals surface area (Å²) in [5.74, 6) is -1.13. The first kappa shape index (κ1) is 20.4. The Morgan fingerprint density at radius 3 is 2.78 bits per heavy atom. The van der Waals surface area contributed by atoms with Crippen molar-refractivity contribution in [2.24, 2.45) is 0 Å². The Hall–Kier alpha value is -3.46. The summed E-state index contributed by atoms with van der Waals surface area (Å²) in [5, 5.41) is 5.24. The minimum Gasteiger partial charge on any atom is -0.488 e. The number of nitrogens with one attached hydrogen (secondary N) is 2. The van der Waals surface area contributed by atoms with Crippen LogP contribution in [0.25, 0.3) is 0 Å². The number of hydrogen-bond donors (Lipinski definition) is 2. The number of pyridine rings is 1. The van der Waals surface area contributed by atoms with Crippen molar-refractivity contribution in [2.75, 3.05) is 43.4 Å². The highest BCUT2D eigenvalue weighted by molar-refractivity contribution is 5.99. The summed E-state index contributed by atoms with van der Waals surface area (Å²) in [6, 6.07) is 7.31. The van der Waals surface area contributed by atoms with Crippen LogP contribution in [0, 0.1) is 5.82 Å². The molecule has 3 aliphatic heterocycles. The molecule has 0 spiro atoms. The third-order valence-electron chi connectivity index (χ3n) is 6.30. The number of carbonyl (C=O) groups is 2. The predicted molar refractivity (Wildman–Crippen MR) is 117 cm³/mol. The zero-order chi connectivity index (χ0) is 22.2. The van der Waals surface area contributed by atoms with E-state index in [4.69, 9.17) is 4.74 Å². The van der Waals surface area contributed by atoms with Crippen LogP contribution in [0.5, 0.6) is 0 Å². The Morgan fingerprint density at radius 2 is 2.06 bits per heavy atom. The molecule has 8 nitrogen and oxygen atoms in total. The number of halogens is 1. The first-order valence-electron chi connectivity index (χ1n) is 10.6. The van der Waals surface area contributed by atoms with Gasteiger partial charge in [-0.05, 0) is 23.8 Å². The number of aromatic nitrogens is 1. The minimum atomic E-state index is -0.610. The Morgan fingerprint density at radius 1 is 1.25 bits per heavy atom. The van der Waals surface area contributed by atoms with Crippen molar-refractivity contribution in [2.45, 2.75) is 18.6 Å². The number of benzene rings is 1. The summed E-state index contributed by atoms with van der Waals surface area (Å²) < 4.78 is 20.6. The largest absolute Gasteiger partial charge is 0.488 e. The monoisotopic (exact) mass is 437 g/mol. The van der Waals surface area contributed by atoms with Crippen LogP contribution < -0.4 is 15.5 Å². The zero-order valence-corrected chi connectivity index (χ0v) is 17.7. The third-order valence-corrected chi connectivity index (χ3v) is 6.30. The van der Waals surface area contributed by atoms with E-state index in [1.807, 2.05) is 18.2 Å². The van der Waals surface area contributed by atoms with E-state index in [0.29, 0.717) is 17.8 Å². The van der Waals surface area contributed by atoms with Crippen LogP contribution in [0.1, 0.15) is 27.5 Å². The number of ether oxygens (including phenoxy) is 1. The first-order chi connectivity index (χ1) is 15.5. The molecule has 2 unspecified atom stereocenters. The van der Waals surface area contributed by atoms with Gasteiger partial charge in [0.1, 0.15) is 5.69 Å². The molecule has 0 aliphatic carbocycles. The third kappa shape index (κ3) is 3.58. The van der Waals surface area contributed by atoms with Gasteiger partial charge in [0, 0.05) is 45.3 Å². The maximum absolute atomic E-state index is 15.3. The Labute approximate surface area is 185 Å². The topological polar surface area (TPSA) is 86.8 Å². The molecule has 1 saturated heterocycles. The Kier molecular flexibility index (Phi) is 5.26. The van der Waals surface area contributed by atoms with Gasteiger partial charge in [0.25, 0.3) is 11.8 Å². The minimum absolute atomic E-state index is 0.211. The maximum Gasteiger partial charge on any atom is 0.269 e. The number of piperazine rings is 1. The van der Waals surface area contributed by atoms with E-state index in [1.54, 1.807) is 25.4 Å². The van der Waals surface area contributed by atoms with Crippen LogP contribution in [0.3, 0.4) is 0 Å². The van der Waals surface area contributed by atoms with Gasteiger partial charge in [0.2, 0.25) is 0 Å². The van der Waals surface area contributed by atoms with E-state index in [9.17, 15) is 9.59 Å². The van der Waals surface area contributed by atoms with Crippen molar-refractivity contribution < 1.29 is 18.7 Å². The summed E-state index contributed by atoms with van der Waals surface area (Å²) >= 11 is 0. The summed E-state index contributed by atoms with van der Waals surface area (Å²) in [7, 11) is 1.58. The molecule has 1 aromatic heterocycles. The highest BCUT2D eigenvalue weighted by Gasteiger charge is 2.40. The molecule has 1 fully saturated rings. The van der Waals surface area contributed by atoms with Crippen LogP contribution >= 0.6 is 0 Å². The van der Waals surface area contributed by atoms with Gasteiger partial charge in [-0.1, -0.05) is 12.1 Å². The molecule has 0 saturated carbocycles. The van der Waals surface area contributed by atoms with Gasteiger partial charge in [-0.3, -0.25) is 14.5 Å². The smallest absolute Gasteiger partial charge is 0.269 e. The van der Waals surface area contributed by atoms with Gasteiger partial charge >= 0.3 is 0 Å². The van der Waals surface area contributed by atoms with Gasteiger partial charge < -0.3 is 20.3 Å². The molecule has 2 aromatic rings. The number of carbonyl (C=O) groups excluding carboxylic acids is 2. The number of hydrogen-bond acceptors (Lipinski definition) is 6. The fraction of sp³-hybridized carbons (Fsp3) is 0.348. The molecule has 32 heavy (non-hydrogen) atoms. The molecule has 2 N–H and O–H groups in total. The van der Waals surface area contributed by atoms with Crippen molar-refractivity contribution in [3.05, 3.63) is 65.4 Å². The predicted octanol–water partition coefficient (Wildman–Crippen LogP) is 1.85. The van der Waals surface area contributed by atoms with Gasteiger partial charge in [0.15, 0.2) is 11.9 Å². The Balaban J connectivity index is 1.24. The van der Waals surface area contributed by atoms with Crippen LogP contribution in [-0.4, -0.2) is 61.0 Å². The lowest BCUT2D eigenvalue weighted by atomic mass is 9.88. The number of fused-ring (bicyclic) bond motifs is 3. The van der Waals surface area contributed by atoms with E-state index in [-0.39, 0.29) is 29.2 Å². The normalized spacial score (nSPS) is 22.1. The lowest BCUT2D eigenvalue weighted by molar-refractivity contribution is -0.124. The summed E-state index contributed by atoms with van der Waals surface area (Å²) in [5.41, 5.74) is 2.93. The van der Waals surface area contributed by atoms with Gasteiger partial charge in [-0.15, -0.1) is 0 Å². The van der Waals surface area contributed by atoms with Gasteiger partial charge in [0.05, 0.1) is 29.8 Å². The van der Waals surface area contributed by atoms with Crippen LogP contribution in [0.2, 0.25) is 0 Å². The van der Waals surface area contributed by atoms with E-state index in [2.05, 4.69) is 25.4 Å². The second-order valence-electron chi connectivity index (χ2n) is 8.15.